The fraction of sp³-hybridized carbons (Fsp3) is 0.182. The number of aryl methyl sites for hydroxylation is 1. The van der Waals surface area contributed by atoms with E-state index in [2.05, 4.69) is 14.9 Å². The number of methoxy groups -OCH3 is 1. The van der Waals surface area contributed by atoms with Gasteiger partial charge in [0.25, 0.3) is 11.7 Å². The smallest absolute Gasteiger partial charge is 0.296 e. The second-order valence-electron chi connectivity index (χ2n) is 6.73. The van der Waals surface area contributed by atoms with E-state index in [1.54, 1.807) is 20.1 Å². The first-order valence-electron chi connectivity index (χ1n) is 9.09. The zero-order valence-electron chi connectivity index (χ0n) is 15.8. The number of hydrogen-bond donors (Lipinski definition) is 2. The minimum absolute atomic E-state index is 0.417. The van der Waals surface area contributed by atoms with Crippen LogP contribution in [-0.2, 0) is 16.1 Å². The molecule has 0 saturated heterocycles. The highest BCUT2D eigenvalue weighted by Crippen LogP contribution is 2.24. The van der Waals surface area contributed by atoms with E-state index in [1.165, 1.54) is 0 Å². The molecule has 2 aromatic heterocycles. The predicted octanol–water partition coefficient (Wildman–Crippen LogP) is 3.90. The molecule has 28 heavy (non-hydrogen) atoms. The zero-order valence-corrected chi connectivity index (χ0v) is 15.8. The molecule has 1 amide bonds. The quantitative estimate of drug-likeness (QED) is 0.396. The van der Waals surface area contributed by atoms with Crippen LogP contribution in [-0.4, -0.2) is 35.0 Å². The van der Waals surface area contributed by atoms with Crippen LogP contribution >= 0.6 is 0 Å². The number of hydrogen-bond acceptors (Lipinski definition) is 3. The second kappa shape index (κ2) is 7.32. The van der Waals surface area contributed by atoms with Gasteiger partial charge in [-0.25, -0.2) is 0 Å². The number of anilines is 1. The van der Waals surface area contributed by atoms with Crippen molar-refractivity contribution in [3.8, 4) is 0 Å². The summed E-state index contributed by atoms with van der Waals surface area (Å²) in [6.07, 6.45) is 1.98. The van der Waals surface area contributed by atoms with Crippen LogP contribution in [0, 0.1) is 6.92 Å². The van der Waals surface area contributed by atoms with Crippen molar-refractivity contribution in [1.82, 2.24) is 9.55 Å². The number of carbonyl (C=O) groups is 2. The fourth-order valence-corrected chi connectivity index (χ4v) is 3.53. The zero-order chi connectivity index (χ0) is 19.7. The molecule has 6 heteroatoms. The molecule has 0 bridgehead atoms. The van der Waals surface area contributed by atoms with E-state index in [-0.39, 0.29) is 0 Å². The number of nitrogens with one attached hydrogen (secondary N) is 2. The Morgan fingerprint density at radius 3 is 2.79 bits per heavy atom. The van der Waals surface area contributed by atoms with E-state index >= 15 is 0 Å². The summed E-state index contributed by atoms with van der Waals surface area (Å²) in [5, 5.41) is 4.48. The molecule has 0 saturated carbocycles. The first-order valence-corrected chi connectivity index (χ1v) is 9.09. The number of nitrogens with zero attached hydrogens (tertiary/aromatic N) is 1. The number of aromatic amines is 1. The lowest BCUT2D eigenvalue weighted by molar-refractivity contribution is -0.112. The maximum Gasteiger partial charge on any atom is 0.296 e. The van der Waals surface area contributed by atoms with Gasteiger partial charge < -0.3 is 19.6 Å². The minimum atomic E-state index is -0.647. The topological polar surface area (TPSA) is 76.1 Å². The molecule has 0 aliphatic rings. The Hall–Kier alpha value is -3.38. The first-order chi connectivity index (χ1) is 13.6. The summed E-state index contributed by atoms with van der Waals surface area (Å²) in [6, 6.07) is 15.1. The highest BCUT2D eigenvalue weighted by molar-refractivity contribution is 6.48. The lowest BCUT2D eigenvalue weighted by atomic mass is 10.1. The highest BCUT2D eigenvalue weighted by atomic mass is 16.5. The molecule has 6 nitrogen and oxygen atoms in total. The third kappa shape index (κ3) is 3.18. The Balaban J connectivity index is 1.57. The van der Waals surface area contributed by atoms with Gasteiger partial charge in [0.1, 0.15) is 0 Å². The summed E-state index contributed by atoms with van der Waals surface area (Å²) in [6.45, 7) is 3.18. The number of ether oxygens (including phenoxy) is 1. The van der Waals surface area contributed by atoms with Crippen LogP contribution in [0.5, 0.6) is 0 Å². The first kappa shape index (κ1) is 18.0. The van der Waals surface area contributed by atoms with Crippen molar-refractivity contribution in [2.45, 2.75) is 13.5 Å². The van der Waals surface area contributed by atoms with E-state index in [9.17, 15) is 9.59 Å². The van der Waals surface area contributed by atoms with Gasteiger partial charge in [0.15, 0.2) is 0 Å². The van der Waals surface area contributed by atoms with Crippen LogP contribution in [0.4, 0.5) is 5.69 Å². The summed E-state index contributed by atoms with van der Waals surface area (Å²) < 4.78 is 7.21. The minimum Gasteiger partial charge on any atom is -0.383 e. The molecule has 0 aliphatic heterocycles. The normalized spacial score (nSPS) is 11.2. The molecule has 2 N–H and O–H groups in total. The van der Waals surface area contributed by atoms with Gasteiger partial charge in [-0.2, -0.15) is 0 Å². The monoisotopic (exact) mass is 375 g/mol. The number of fused-ring (bicyclic) bond motifs is 2. The molecule has 4 aromatic rings. The maximum absolute atomic E-state index is 12.8. The average molecular weight is 375 g/mol. The number of rotatable bonds is 6. The molecule has 0 spiro atoms. The van der Waals surface area contributed by atoms with Gasteiger partial charge in [-0.15, -0.1) is 0 Å². The largest absolute Gasteiger partial charge is 0.383 e. The molecule has 0 fully saturated rings. The molecule has 142 valence electrons. The predicted molar refractivity (Wildman–Crippen MR) is 110 cm³/mol. The number of benzene rings is 2. The number of amides is 1. The highest BCUT2D eigenvalue weighted by Gasteiger charge is 2.22. The van der Waals surface area contributed by atoms with Gasteiger partial charge >= 0.3 is 0 Å². The molecule has 0 atom stereocenters. The summed E-state index contributed by atoms with van der Waals surface area (Å²) in [4.78, 5) is 28.5. The SMILES string of the molecule is COCCn1ccc2cc(NC(=O)C(=O)c3c(C)[nH]c4ccccc34)ccc21. The number of H-pyrrole nitrogens is 1. The van der Waals surface area contributed by atoms with E-state index < -0.39 is 11.7 Å². The van der Waals surface area contributed by atoms with Gasteiger partial charge in [-0.1, -0.05) is 18.2 Å². The summed E-state index contributed by atoms with van der Waals surface area (Å²) in [7, 11) is 1.67. The number of ketones is 1. The third-order valence-electron chi connectivity index (χ3n) is 4.89. The standard InChI is InChI=1S/C22H21N3O3/c1-14-20(17-5-3-4-6-18(17)23-14)21(26)22(27)24-16-7-8-19-15(13-16)9-10-25(19)11-12-28-2/h3-10,13,23H,11-12H2,1-2H3,(H,24,27). The fourth-order valence-electron chi connectivity index (χ4n) is 3.53. The molecule has 2 aromatic carbocycles. The van der Waals surface area contributed by atoms with E-state index in [0.717, 1.165) is 28.4 Å². The lowest BCUT2D eigenvalue weighted by Crippen LogP contribution is -2.23. The summed E-state index contributed by atoms with van der Waals surface area (Å²) >= 11 is 0. The van der Waals surface area contributed by atoms with Crippen molar-refractivity contribution in [2.75, 3.05) is 19.0 Å². The van der Waals surface area contributed by atoms with Crippen LogP contribution in [0.15, 0.2) is 54.7 Å². The maximum atomic E-state index is 12.8. The van der Waals surface area contributed by atoms with Crippen LogP contribution < -0.4 is 5.32 Å². The van der Waals surface area contributed by atoms with Crippen molar-refractivity contribution in [1.29, 1.82) is 0 Å². The van der Waals surface area contributed by atoms with Gasteiger partial charge in [0.2, 0.25) is 0 Å². The third-order valence-corrected chi connectivity index (χ3v) is 4.89. The van der Waals surface area contributed by atoms with Crippen molar-refractivity contribution in [3.63, 3.8) is 0 Å². The van der Waals surface area contributed by atoms with Crippen LogP contribution in [0.3, 0.4) is 0 Å². The van der Waals surface area contributed by atoms with E-state index in [0.29, 0.717) is 23.6 Å². The molecule has 2 heterocycles. The van der Waals surface area contributed by atoms with Crippen LogP contribution in [0.25, 0.3) is 21.8 Å². The van der Waals surface area contributed by atoms with Crippen molar-refractivity contribution < 1.29 is 14.3 Å². The number of aromatic nitrogens is 2. The summed E-state index contributed by atoms with van der Waals surface area (Å²) in [5.41, 5.74) is 3.59. The average Bonchev–Trinajstić information content (AvgIpc) is 3.25. The number of carbonyl (C=O) groups excluding carboxylic acids is 2. The Labute approximate surface area is 162 Å². The van der Waals surface area contributed by atoms with E-state index in [4.69, 9.17) is 4.74 Å². The van der Waals surface area contributed by atoms with Gasteiger partial charge in [-0.3, -0.25) is 9.59 Å². The molecule has 0 aliphatic carbocycles. The summed E-state index contributed by atoms with van der Waals surface area (Å²) in [5.74, 6) is -1.20. The lowest BCUT2D eigenvalue weighted by Gasteiger charge is -2.07. The van der Waals surface area contributed by atoms with Crippen molar-refractivity contribution in [2.24, 2.45) is 0 Å². The Morgan fingerprint density at radius 2 is 1.96 bits per heavy atom. The van der Waals surface area contributed by atoms with Gasteiger partial charge in [-0.05, 0) is 37.3 Å². The molecule has 0 unspecified atom stereocenters. The van der Waals surface area contributed by atoms with Crippen LogP contribution in [0.1, 0.15) is 16.1 Å². The molecular formula is C22H21N3O3. The number of para-hydroxylation sites is 1. The molecule has 0 radical (unpaired) electrons. The molecular weight excluding hydrogens is 354 g/mol. The Bertz CT molecular complexity index is 1190. The Kier molecular flexibility index (Phi) is 4.71. The van der Waals surface area contributed by atoms with Gasteiger partial charge in [0.05, 0.1) is 12.2 Å². The number of Topliss-reactive ketones (excluding diaryl/α,β-unsaturated/α-hetero) is 1. The van der Waals surface area contributed by atoms with Crippen molar-refractivity contribution >= 4 is 39.2 Å². The van der Waals surface area contributed by atoms with Crippen molar-refractivity contribution in [3.05, 3.63) is 66.0 Å². The second-order valence-corrected chi connectivity index (χ2v) is 6.73. The Morgan fingerprint density at radius 1 is 1.14 bits per heavy atom. The van der Waals surface area contributed by atoms with Gasteiger partial charge in [0, 0.05) is 53.0 Å². The molecule has 4 rings (SSSR count). The van der Waals surface area contributed by atoms with Crippen LogP contribution in [0.2, 0.25) is 0 Å². The van der Waals surface area contributed by atoms with E-state index in [1.807, 2.05) is 48.7 Å².